The van der Waals surface area contributed by atoms with Crippen LogP contribution in [0.1, 0.15) is 23.2 Å². The van der Waals surface area contributed by atoms with Crippen molar-refractivity contribution in [3.63, 3.8) is 0 Å². The van der Waals surface area contributed by atoms with E-state index < -0.39 is 12.0 Å². The first-order chi connectivity index (χ1) is 11.6. The molecule has 1 aromatic heterocycles. The summed E-state index contributed by atoms with van der Waals surface area (Å²) in [6.45, 7) is 0.473. The van der Waals surface area contributed by atoms with Gasteiger partial charge in [0.1, 0.15) is 6.04 Å². The van der Waals surface area contributed by atoms with Gasteiger partial charge in [-0.05, 0) is 31.0 Å². The first-order valence-electron chi connectivity index (χ1n) is 7.61. The molecule has 124 valence electrons. The Morgan fingerprint density at radius 1 is 1.25 bits per heavy atom. The number of likely N-dealkylation sites (tertiary alicyclic amines) is 1. The Morgan fingerprint density at radius 2 is 2.00 bits per heavy atom. The summed E-state index contributed by atoms with van der Waals surface area (Å²) in [5, 5.41) is 9.20. The summed E-state index contributed by atoms with van der Waals surface area (Å²) in [6.07, 6.45) is 2.81. The van der Waals surface area contributed by atoms with E-state index in [1.807, 2.05) is 0 Å². The van der Waals surface area contributed by atoms with Crippen LogP contribution in [0.25, 0.3) is 11.3 Å². The quantitative estimate of drug-likeness (QED) is 0.921. The van der Waals surface area contributed by atoms with Crippen LogP contribution in [0.2, 0.25) is 0 Å². The number of amides is 1. The Hall–Kier alpha value is -2.96. The first kappa shape index (κ1) is 15.9. The lowest BCUT2D eigenvalue weighted by Crippen LogP contribution is -2.40. The number of aromatic nitrogens is 2. The topological polar surface area (TPSA) is 92.6 Å². The second-order valence-electron chi connectivity index (χ2n) is 5.50. The van der Waals surface area contributed by atoms with Crippen LogP contribution in [0, 0.1) is 0 Å². The zero-order valence-corrected chi connectivity index (χ0v) is 13.2. The number of carbonyl (C=O) groups is 2. The van der Waals surface area contributed by atoms with E-state index in [-0.39, 0.29) is 11.9 Å². The molecule has 1 N–H and O–H groups in total. The Kier molecular flexibility index (Phi) is 4.41. The summed E-state index contributed by atoms with van der Waals surface area (Å²) in [7, 11) is 1.50. The maximum Gasteiger partial charge on any atom is 0.326 e. The van der Waals surface area contributed by atoms with E-state index in [4.69, 9.17) is 4.74 Å². The molecule has 7 nitrogen and oxygen atoms in total. The van der Waals surface area contributed by atoms with Gasteiger partial charge in [0.25, 0.3) is 5.91 Å². The zero-order chi connectivity index (χ0) is 17.1. The maximum absolute atomic E-state index is 12.5. The molecule has 1 fully saturated rings. The first-order valence-corrected chi connectivity index (χ1v) is 7.61. The molecule has 0 bridgehead atoms. The lowest BCUT2D eigenvalue weighted by atomic mass is 10.1. The molecule has 0 saturated carbocycles. The van der Waals surface area contributed by atoms with E-state index >= 15 is 0 Å². The molecule has 1 amide bonds. The van der Waals surface area contributed by atoms with Crippen molar-refractivity contribution in [3.8, 4) is 17.3 Å². The highest BCUT2D eigenvalue weighted by Gasteiger charge is 2.34. The summed E-state index contributed by atoms with van der Waals surface area (Å²) in [5.74, 6) is -1.21. The molecule has 0 aliphatic carbocycles. The number of hydrogen-bond acceptors (Lipinski definition) is 5. The maximum atomic E-state index is 12.5. The van der Waals surface area contributed by atoms with Crippen LogP contribution in [0.5, 0.6) is 6.01 Å². The minimum atomic E-state index is -0.953. The SMILES string of the molecule is COc1nccc(-c2ccc(C(=O)N3CCCC3C(=O)O)cc2)n1. The molecular weight excluding hydrogens is 310 g/mol. The van der Waals surface area contributed by atoms with Gasteiger partial charge < -0.3 is 14.7 Å². The Balaban J connectivity index is 1.81. The van der Waals surface area contributed by atoms with Crippen LogP contribution in [0.4, 0.5) is 0 Å². The second-order valence-corrected chi connectivity index (χ2v) is 5.50. The van der Waals surface area contributed by atoms with Crippen LogP contribution < -0.4 is 4.74 Å². The van der Waals surface area contributed by atoms with E-state index in [0.29, 0.717) is 30.6 Å². The third-order valence-corrected chi connectivity index (χ3v) is 4.04. The molecule has 24 heavy (non-hydrogen) atoms. The molecule has 0 spiro atoms. The molecule has 1 aliphatic heterocycles. The standard InChI is InChI=1S/C17H17N3O4/c1-24-17-18-9-8-13(19-17)11-4-6-12(7-5-11)15(21)20-10-2-3-14(20)16(22)23/h4-9,14H,2-3,10H2,1H3,(H,22,23). The van der Waals surface area contributed by atoms with Gasteiger partial charge in [-0.15, -0.1) is 0 Å². The Labute approximate surface area is 138 Å². The fourth-order valence-electron chi connectivity index (χ4n) is 2.82. The molecule has 1 atom stereocenters. The summed E-state index contributed by atoms with van der Waals surface area (Å²) in [4.78, 5) is 33.4. The number of rotatable bonds is 4. The van der Waals surface area contributed by atoms with Crippen LogP contribution in [-0.4, -0.2) is 51.5 Å². The lowest BCUT2D eigenvalue weighted by Gasteiger charge is -2.21. The Bertz CT molecular complexity index is 761. The van der Waals surface area contributed by atoms with Crippen molar-refractivity contribution >= 4 is 11.9 Å². The van der Waals surface area contributed by atoms with E-state index in [1.165, 1.54) is 12.0 Å². The average Bonchev–Trinajstić information content (AvgIpc) is 3.11. The third-order valence-electron chi connectivity index (χ3n) is 4.04. The molecule has 1 aromatic carbocycles. The molecule has 7 heteroatoms. The number of methoxy groups -OCH3 is 1. The molecule has 2 heterocycles. The van der Waals surface area contributed by atoms with Crippen molar-refractivity contribution < 1.29 is 19.4 Å². The van der Waals surface area contributed by atoms with Gasteiger partial charge in [0, 0.05) is 23.9 Å². The third kappa shape index (κ3) is 3.05. The van der Waals surface area contributed by atoms with Gasteiger partial charge in [-0.25, -0.2) is 9.78 Å². The lowest BCUT2D eigenvalue weighted by molar-refractivity contribution is -0.141. The minimum absolute atomic E-state index is 0.258. The highest BCUT2D eigenvalue weighted by Crippen LogP contribution is 2.23. The van der Waals surface area contributed by atoms with Gasteiger partial charge >= 0.3 is 12.0 Å². The summed E-state index contributed by atoms with van der Waals surface area (Å²) in [6, 6.07) is 8.21. The van der Waals surface area contributed by atoms with Crippen molar-refractivity contribution in [2.45, 2.75) is 18.9 Å². The number of ether oxygens (including phenoxy) is 1. The highest BCUT2D eigenvalue weighted by atomic mass is 16.5. The molecule has 1 aliphatic rings. The minimum Gasteiger partial charge on any atom is -0.480 e. The fraction of sp³-hybridized carbons (Fsp3) is 0.294. The highest BCUT2D eigenvalue weighted by molar-refractivity contribution is 5.97. The molecule has 3 rings (SSSR count). The summed E-state index contributed by atoms with van der Waals surface area (Å²) >= 11 is 0. The van der Waals surface area contributed by atoms with Gasteiger partial charge in [-0.3, -0.25) is 4.79 Å². The number of benzene rings is 1. The van der Waals surface area contributed by atoms with E-state index in [0.717, 1.165) is 5.56 Å². The number of carboxylic acids is 1. The largest absolute Gasteiger partial charge is 0.480 e. The second kappa shape index (κ2) is 6.66. The van der Waals surface area contributed by atoms with Gasteiger partial charge in [0.05, 0.1) is 12.8 Å². The number of aliphatic carboxylic acids is 1. The van der Waals surface area contributed by atoms with Crippen LogP contribution in [0.3, 0.4) is 0 Å². The van der Waals surface area contributed by atoms with Crippen molar-refractivity contribution in [2.75, 3.05) is 13.7 Å². The van der Waals surface area contributed by atoms with Crippen molar-refractivity contribution in [3.05, 3.63) is 42.1 Å². The zero-order valence-electron chi connectivity index (χ0n) is 13.2. The van der Waals surface area contributed by atoms with Crippen LogP contribution >= 0.6 is 0 Å². The number of carboxylic acid groups (broad SMARTS) is 1. The normalized spacial score (nSPS) is 16.9. The predicted molar refractivity (Wildman–Crippen MR) is 85.7 cm³/mol. The molecule has 1 unspecified atom stereocenters. The summed E-state index contributed by atoms with van der Waals surface area (Å²) in [5.41, 5.74) is 1.97. The molecule has 0 radical (unpaired) electrons. The number of hydrogen-bond donors (Lipinski definition) is 1. The predicted octanol–water partition coefficient (Wildman–Crippen LogP) is 1.84. The van der Waals surface area contributed by atoms with Gasteiger partial charge in [0.2, 0.25) is 0 Å². The van der Waals surface area contributed by atoms with E-state index in [9.17, 15) is 14.7 Å². The molecule has 1 saturated heterocycles. The van der Waals surface area contributed by atoms with Crippen molar-refractivity contribution in [2.24, 2.45) is 0 Å². The Morgan fingerprint density at radius 3 is 2.67 bits per heavy atom. The van der Waals surface area contributed by atoms with E-state index in [1.54, 1.807) is 36.5 Å². The fourth-order valence-corrected chi connectivity index (χ4v) is 2.82. The van der Waals surface area contributed by atoms with E-state index in [2.05, 4.69) is 9.97 Å². The van der Waals surface area contributed by atoms with Crippen LogP contribution in [0.15, 0.2) is 36.5 Å². The van der Waals surface area contributed by atoms with Crippen LogP contribution in [-0.2, 0) is 4.79 Å². The number of nitrogens with zero attached hydrogens (tertiary/aromatic N) is 3. The van der Waals surface area contributed by atoms with Gasteiger partial charge in [-0.1, -0.05) is 12.1 Å². The average molecular weight is 327 g/mol. The number of carbonyl (C=O) groups excluding carboxylic acids is 1. The molecular formula is C17H17N3O4. The van der Waals surface area contributed by atoms with Gasteiger partial charge in [-0.2, -0.15) is 4.98 Å². The van der Waals surface area contributed by atoms with Gasteiger partial charge in [0.15, 0.2) is 0 Å². The smallest absolute Gasteiger partial charge is 0.326 e. The monoisotopic (exact) mass is 327 g/mol. The molecule has 2 aromatic rings. The van der Waals surface area contributed by atoms with Crippen molar-refractivity contribution in [1.29, 1.82) is 0 Å². The van der Waals surface area contributed by atoms with Crippen molar-refractivity contribution in [1.82, 2.24) is 14.9 Å². The summed E-state index contributed by atoms with van der Waals surface area (Å²) < 4.78 is 5.00.